The van der Waals surface area contributed by atoms with Crippen LogP contribution in [0.4, 0.5) is 0 Å². The molecule has 0 spiro atoms. The molecule has 0 radical (unpaired) electrons. The summed E-state index contributed by atoms with van der Waals surface area (Å²) < 4.78 is 24.2. The Morgan fingerprint density at radius 2 is 0.683 bits per heavy atom. The van der Waals surface area contributed by atoms with Gasteiger partial charge >= 0.3 is 11.6 Å². The van der Waals surface area contributed by atoms with Gasteiger partial charge in [-0.15, -0.1) is 20.4 Å². The van der Waals surface area contributed by atoms with E-state index >= 15 is 0 Å². The smallest absolute Gasteiger partial charge is 0.335 e. The molecule has 0 aliphatic rings. The number of benzene rings is 8. The summed E-state index contributed by atoms with van der Waals surface area (Å²) in [6.07, 6.45) is 26.3. The van der Waals surface area contributed by atoms with Gasteiger partial charge in [0.2, 0.25) is 23.6 Å². The van der Waals surface area contributed by atoms with E-state index in [1.165, 1.54) is 108 Å². The van der Waals surface area contributed by atoms with Crippen LogP contribution >= 0.6 is 46.4 Å². The van der Waals surface area contributed by atoms with Gasteiger partial charge in [-0.25, -0.2) is 15.0 Å². The number of carbonyl (C=O) groups is 12. The van der Waals surface area contributed by atoms with Gasteiger partial charge in [-0.1, -0.05) is 184 Å². The molecule has 38 nitrogen and oxygen atoms in total. The molecule has 744 valence electrons. The number of imidazole rings is 1. The Hall–Kier alpha value is -16.5. The van der Waals surface area contributed by atoms with E-state index in [0.717, 1.165) is 28.7 Å². The number of Topliss-reactive ketones (excluding diaryl/α,β-unsaturated/α-hetero) is 8. The zero-order chi connectivity index (χ0) is 105. The topological polar surface area (TPSA) is 505 Å². The summed E-state index contributed by atoms with van der Waals surface area (Å²) in [6, 6.07) is 47.7. The maximum Gasteiger partial charge on any atom is 0.335 e. The van der Waals surface area contributed by atoms with Crippen molar-refractivity contribution in [1.82, 2.24) is 122 Å². The fourth-order valence-electron chi connectivity index (χ4n) is 14.1. The fraction of sp³-hybridized carbons (Fsp3) is 0.225. The van der Waals surface area contributed by atoms with E-state index in [4.69, 9.17) is 54.8 Å². The van der Waals surface area contributed by atoms with E-state index in [9.17, 15) is 57.5 Å². The van der Waals surface area contributed by atoms with Crippen molar-refractivity contribution in [1.29, 1.82) is 0 Å². The number of rotatable bonds is 39. The van der Waals surface area contributed by atoms with Crippen LogP contribution < -0.4 is 21.3 Å². The van der Waals surface area contributed by atoms with Crippen LogP contribution in [0.25, 0.3) is 47.1 Å². The van der Waals surface area contributed by atoms with Crippen molar-refractivity contribution in [2.24, 2.45) is 12.5 Å². The Bertz CT molecular complexity index is 7020. The number of amides is 4. The van der Waals surface area contributed by atoms with Gasteiger partial charge in [0.05, 0.1) is 70.9 Å². The molecule has 4 N–H and O–H groups in total. The fourth-order valence-corrected chi connectivity index (χ4v) is 14.9. The molecule has 0 aliphatic heterocycles. The Morgan fingerprint density at radius 3 is 0.986 bits per heavy atom. The van der Waals surface area contributed by atoms with Crippen LogP contribution in [-0.4, -0.2) is 203 Å². The Kier molecular flexibility index (Phi) is 42.0. The second-order valence-corrected chi connectivity index (χ2v) is 35.6. The molecule has 14 rings (SSSR count). The van der Waals surface area contributed by atoms with Crippen molar-refractivity contribution in [3.8, 4) is 22.7 Å². The van der Waals surface area contributed by atoms with Crippen LogP contribution in [-0.2, 0) is 95.5 Å². The summed E-state index contributed by atoms with van der Waals surface area (Å²) in [5.74, 6) is -2.36. The number of hydrogen-bond acceptors (Lipinski definition) is 29. The molecule has 0 saturated heterocycles. The Balaban J connectivity index is 0.000000197. The number of aromatic nitrogens is 20. The minimum atomic E-state index is -0.825. The minimum Gasteiger partial charge on any atom is -0.343 e. The summed E-state index contributed by atoms with van der Waals surface area (Å²) in [5.41, 5.74) is 10.9. The molecule has 0 fully saturated rings. The molecule has 0 saturated carbocycles. The van der Waals surface area contributed by atoms with Gasteiger partial charge < -0.3 is 25.8 Å². The van der Waals surface area contributed by atoms with E-state index < -0.39 is 59.4 Å². The number of aryl methyl sites for hydroxylation is 1. The maximum atomic E-state index is 13.2. The highest BCUT2D eigenvalue weighted by Crippen LogP contribution is 2.28. The van der Waals surface area contributed by atoms with Gasteiger partial charge in [0, 0.05) is 135 Å². The van der Waals surface area contributed by atoms with Crippen molar-refractivity contribution >= 4 is 152 Å². The molecule has 145 heavy (non-hydrogen) atoms. The summed E-state index contributed by atoms with van der Waals surface area (Å²) in [5, 5.41) is 57.8. The number of halogens is 4. The monoisotopic (exact) mass is 2050 g/mol. The first-order valence-electron chi connectivity index (χ1n) is 44.7. The molecular weight excluding hydrogens is 1960 g/mol. The quantitative estimate of drug-likeness (QED) is 0.0205. The second kappa shape index (κ2) is 55.1. The van der Waals surface area contributed by atoms with Gasteiger partial charge in [0.25, 0.3) is 0 Å². The van der Waals surface area contributed by atoms with Crippen LogP contribution in [0.15, 0.2) is 250 Å². The maximum absolute atomic E-state index is 13.2. The molecule has 0 bridgehead atoms. The van der Waals surface area contributed by atoms with E-state index in [1.54, 1.807) is 187 Å². The number of ketones is 8. The van der Waals surface area contributed by atoms with Crippen molar-refractivity contribution in [3.63, 3.8) is 0 Å². The Labute approximate surface area is 855 Å². The predicted octanol–water partition coefficient (Wildman–Crippen LogP) is 12.9. The number of nitrogens with zero attached hydrogens (tertiary/aromatic N) is 20. The van der Waals surface area contributed by atoms with Crippen molar-refractivity contribution in [3.05, 3.63) is 349 Å². The molecule has 4 atom stereocenters. The van der Waals surface area contributed by atoms with E-state index in [0.29, 0.717) is 106 Å². The molecule has 8 aromatic carbocycles. The highest BCUT2D eigenvalue weighted by Gasteiger charge is 2.29. The van der Waals surface area contributed by atoms with Crippen LogP contribution in [0.5, 0.6) is 0 Å². The third kappa shape index (κ3) is 35.9. The summed E-state index contributed by atoms with van der Waals surface area (Å²) in [7, 11) is 1.83. The van der Waals surface area contributed by atoms with E-state index in [1.807, 2.05) is 65.1 Å². The highest BCUT2D eigenvalue weighted by atomic mass is 35.5. The zero-order valence-electron chi connectivity index (χ0n) is 79.7. The lowest BCUT2D eigenvalue weighted by atomic mass is 9.85. The average molecular weight is 2060 g/mol. The largest absolute Gasteiger partial charge is 0.343 e. The third-order valence-electron chi connectivity index (χ3n) is 21.3. The molecule has 6 aromatic heterocycles. The number of carbonyl (C=O) groups excluding carboxylic acids is 12. The normalized spacial score (nSPS) is 11.9. The first kappa shape index (κ1) is 110. The van der Waals surface area contributed by atoms with Gasteiger partial charge in [0.1, 0.15) is 31.1 Å². The van der Waals surface area contributed by atoms with Crippen LogP contribution in [0, 0.1) is 5.41 Å². The SMILES string of the molecule is CC(=O)c1ccc(CC(=O)[C@H](CC(C)(C)C)NC(=O)/C=C/c2cc(Cl)ccc2-n2cnnn2)cc1.CC(=O)c1ccc(CC(=O)[C@H](Cc2cn(C)cn2)NC(=O)/C=C/c2cc(Cl)ccc2-n2cnnn2)cc1.CC(=O)c1cnc(CC(=O)[C@H](Cc2ccccc2)NC(=O)/C=C/c2cc(Cl)ccc2-n2cnnn2)nc1.CCC[C@H](NC(=O)/C=C/c1cc(Cl)ccc1-n1cnnn1)C(=O)Cc1ccc(C(C)=O)cc1.O=S=O. The van der Waals surface area contributed by atoms with E-state index in [-0.39, 0.29) is 96.0 Å². The molecule has 14 aromatic rings. The molecular formula is C102H98Cl4N24O14S. The van der Waals surface area contributed by atoms with Crippen molar-refractivity contribution in [2.45, 2.75) is 137 Å². The van der Waals surface area contributed by atoms with Gasteiger partial charge in [-0.05, 0) is 213 Å². The molecule has 43 heteroatoms. The van der Waals surface area contributed by atoms with Crippen molar-refractivity contribution < 1.29 is 66.0 Å². The lowest BCUT2D eigenvalue weighted by Crippen LogP contribution is -2.43. The molecule has 0 unspecified atom stereocenters. The van der Waals surface area contributed by atoms with Crippen LogP contribution in [0.2, 0.25) is 20.1 Å². The van der Waals surface area contributed by atoms with Crippen LogP contribution in [0.1, 0.15) is 172 Å². The summed E-state index contributed by atoms with van der Waals surface area (Å²) in [6.45, 7) is 13.9. The minimum absolute atomic E-state index is 0.0290. The predicted molar refractivity (Wildman–Crippen MR) is 542 cm³/mol. The average Bonchev–Trinajstić information content (AvgIpc) is 1.78. The number of nitrogens with one attached hydrogen (secondary N) is 4. The van der Waals surface area contributed by atoms with E-state index in [2.05, 4.69) is 98.3 Å². The van der Waals surface area contributed by atoms with Crippen LogP contribution in [0.3, 0.4) is 0 Å². The zero-order valence-corrected chi connectivity index (χ0v) is 83.6. The number of tetrazole rings is 4. The summed E-state index contributed by atoms with van der Waals surface area (Å²) >= 11 is 23.8. The summed E-state index contributed by atoms with van der Waals surface area (Å²) in [4.78, 5) is 162. The first-order chi connectivity index (χ1) is 69.5. The van der Waals surface area contributed by atoms with Crippen molar-refractivity contribution in [2.75, 3.05) is 0 Å². The lowest BCUT2D eigenvalue weighted by molar-refractivity contribution is -0.125. The standard InChI is InChI=1S/C26H24ClN7O3.C26H22ClN7O3.C26H28ClN5O3.C24H24ClN5O3.O2S/c1-17(35)19-5-3-18(4-6-19)11-25(36)23(13-22-14-33(2)15-28-22)30-26(37)10-7-20-12-21(27)8-9-24(20)34-16-29-31-32-34;1-17(35)20-14-28-25(29-15-20)13-24(36)22(11-18-5-3-2-4-6-18)31-26(37)10-7-19-12-21(27)8-9-23(19)34-16-30-32-33-34;1-17(33)19-7-5-18(6-8-19)13-24(34)22(15-26(2,3)4)29-25(35)12-9-20-14-21(27)10-11-23(20)32-16-28-30-31-32;1-3-4-21(23(32)13-17-5-7-18(8-6-17)16(2)31)27-24(33)12-9-19-14-20(25)10-11-22(19)30-15-26-28-29-30;1-3-2/h3-10,12,14-16,23H,11,13H2,1-2H3,(H,30,37);2-10,12,14-16,22H,11,13H2,1H3,(H,31,37);5-12,14,16,22H,13,15H2,1-4H3,(H,29,35);5-12,14-15,21H,3-4,13H2,1-2H3,(H,27,33);/b2*10-7+;2*12-9+;/t23-;2*22-;21-;/m0000./s1. The second-order valence-electron chi connectivity index (χ2n) is 33.7. The van der Waals surface area contributed by atoms with Gasteiger partial charge in [0.15, 0.2) is 46.3 Å². The highest BCUT2D eigenvalue weighted by molar-refractivity contribution is 7.51. The Morgan fingerprint density at radius 1 is 0.372 bits per heavy atom. The molecule has 0 aliphatic carbocycles. The number of hydrogen-bond donors (Lipinski definition) is 4. The third-order valence-corrected chi connectivity index (χ3v) is 22.3. The molecule has 4 amide bonds. The molecule has 6 heterocycles. The first-order valence-corrected chi connectivity index (χ1v) is 46.9. The lowest BCUT2D eigenvalue weighted by Gasteiger charge is -2.25. The van der Waals surface area contributed by atoms with Gasteiger partial charge in [-0.2, -0.15) is 27.1 Å². The van der Waals surface area contributed by atoms with Gasteiger partial charge in [-0.3, -0.25) is 57.5 Å².